The Labute approximate surface area is 127 Å². The first-order valence-corrected chi connectivity index (χ1v) is 7.87. The van der Waals surface area contributed by atoms with Crippen molar-refractivity contribution in [3.63, 3.8) is 0 Å². The van der Waals surface area contributed by atoms with Crippen LogP contribution in [0.5, 0.6) is 0 Å². The molecule has 4 heteroatoms. The van der Waals surface area contributed by atoms with Crippen LogP contribution in [0.25, 0.3) is 0 Å². The highest BCUT2D eigenvalue weighted by Gasteiger charge is 2.34. The van der Waals surface area contributed by atoms with Gasteiger partial charge in [-0.2, -0.15) is 0 Å². The highest BCUT2D eigenvalue weighted by atomic mass is 16.4. The van der Waals surface area contributed by atoms with Gasteiger partial charge in [0.05, 0.1) is 0 Å². The molecule has 1 aliphatic rings. The van der Waals surface area contributed by atoms with E-state index in [1.807, 2.05) is 6.92 Å². The number of aromatic nitrogens is 1. The molecular formula is C17H26N2O2. The zero-order valence-electron chi connectivity index (χ0n) is 13.3. The second-order valence-corrected chi connectivity index (χ2v) is 6.81. The molecule has 4 nitrogen and oxygen atoms in total. The molecule has 0 saturated heterocycles. The minimum Gasteiger partial charge on any atom is -0.478 e. The zero-order valence-corrected chi connectivity index (χ0v) is 13.3. The fraction of sp³-hybridized carbons (Fsp3) is 0.647. The first-order valence-electron chi connectivity index (χ1n) is 7.87. The van der Waals surface area contributed by atoms with Crippen LogP contribution in [0.4, 0.5) is 5.82 Å². The van der Waals surface area contributed by atoms with Gasteiger partial charge in [-0.15, -0.1) is 0 Å². The van der Waals surface area contributed by atoms with E-state index in [0.29, 0.717) is 17.2 Å². The van der Waals surface area contributed by atoms with Crippen LogP contribution in [-0.4, -0.2) is 22.6 Å². The predicted octanol–water partition coefficient (Wildman–Crippen LogP) is 4.11. The van der Waals surface area contributed by atoms with Crippen molar-refractivity contribution in [3.8, 4) is 0 Å². The molecule has 0 aromatic carbocycles. The number of hydrogen-bond donors (Lipinski definition) is 2. The van der Waals surface area contributed by atoms with Crippen molar-refractivity contribution in [1.82, 2.24) is 4.98 Å². The Balaban J connectivity index is 2.14. The van der Waals surface area contributed by atoms with Crippen LogP contribution >= 0.6 is 0 Å². The number of carboxylic acid groups (broad SMARTS) is 1. The van der Waals surface area contributed by atoms with E-state index in [1.54, 1.807) is 12.1 Å². The van der Waals surface area contributed by atoms with Crippen LogP contribution in [0.2, 0.25) is 0 Å². The summed E-state index contributed by atoms with van der Waals surface area (Å²) in [6.45, 7) is 7.22. The van der Waals surface area contributed by atoms with Crippen molar-refractivity contribution in [2.24, 2.45) is 11.3 Å². The van der Waals surface area contributed by atoms with Gasteiger partial charge in [0.25, 0.3) is 0 Å². The second-order valence-electron chi connectivity index (χ2n) is 6.81. The van der Waals surface area contributed by atoms with Gasteiger partial charge in [-0.05, 0) is 49.7 Å². The molecule has 2 rings (SSSR count). The maximum atomic E-state index is 11.3. The van der Waals surface area contributed by atoms with Gasteiger partial charge in [-0.3, -0.25) is 0 Å². The Morgan fingerprint density at radius 3 is 2.62 bits per heavy atom. The van der Waals surface area contributed by atoms with Crippen LogP contribution in [0, 0.1) is 18.3 Å². The summed E-state index contributed by atoms with van der Waals surface area (Å²) >= 11 is 0. The second kappa shape index (κ2) is 6.46. The van der Waals surface area contributed by atoms with Gasteiger partial charge in [0.1, 0.15) is 11.4 Å². The molecule has 1 aromatic rings. The quantitative estimate of drug-likeness (QED) is 0.827. The SMILES string of the molecule is Cc1ccc(C(=O)O)c(NCC2(CC(C)C)CCCC2)n1. The molecule has 116 valence electrons. The number of carboxylic acids is 1. The van der Waals surface area contributed by atoms with Crippen LogP contribution in [0.15, 0.2) is 12.1 Å². The molecule has 1 aromatic heterocycles. The molecule has 1 fully saturated rings. The van der Waals surface area contributed by atoms with Crippen molar-refractivity contribution >= 4 is 11.8 Å². The van der Waals surface area contributed by atoms with Gasteiger partial charge in [0.15, 0.2) is 0 Å². The van der Waals surface area contributed by atoms with E-state index in [1.165, 1.54) is 32.1 Å². The first-order chi connectivity index (χ1) is 9.92. The van der Waals surface area contributed by atoms with Gasteiger partial charge in [-0.25, -0.2) is 9.78 Å². The molecule has 0 unspecified atom stereocenters. The van der Waals surface area contributed by atoms with Gasteiger partial charge < -0.3 is 10.4 Å². The Kier molecular flexibility index (Phi) is 4.86. The Bertz CT molecular complexity index is 506. The Hall–Kier alpha value is -1.58. The van der Waals surface area contributed by atoms with Gasteiger partial charge in [-0.1, -0.05) is 26.7 Å². The van der Waals surface area contributed by atoms with Crippen LogP contribution < -0.4 is 5.32 Å². The number of aryl methyl sites for hydroxylation is 1. The molecule has 0 amide bonds. The minimum absolute atomic E-state index is 0.262. The third kappa shape index (κ3) is 3.96. The number of pyridine rings is 1. The summed E-state index contributed by atoms with van der Waals surface area (Å²) in [7, 11) is 0. The smallest absolute Gasteiger partial charge is 0.339 e. The highest BCUT2D eigenvalue weighted by molar-refractivity contribution is 5.93. The first kappa shape index (κ1) is 15.8. The van der Waals surface area contributed by atoms with Crippen molar-refractivity contribution in [2.45, 2.75) is 52.9 Å². The molecule has 0 spiro atoms. The number of carbonyl (C=O) groups is 1. The number of aromatic carboxylic acids is 1. The third-order valence-corrected chi connectivity index (χ3v) is 4.40. The zero-order chi connectivity index (χ0) is 15.5. The normalized spacial score (nSPS) is 17.1. The van der Waals surface area contributed by atoms with E-state index >= 15 is 0 Å². The summed E-state index contributed by atoms with van der Waals surface area (Å²) in [6, 6.07) is 3.38. The summed E-state index contributed by atoms with van der Waals surface area (Å²) in [5, 5.41) is 12.6. The number of nitrogens with one attached hydrogen (secondary N) is 1. The number of rotatable bonds is 6. The largest absolute Gasteiger partial charge is 0.478 e. The van der Waals surface area contributed by atoms with Gasteiger partial charge in [0, 0.05) is 12.2 Å². The highest BCUT2D eigenvalue weighted by Crippen LogP contribution is 2.43. The molecule has 0 atom stereocenters. The topological polar surface area (TPSA) is 62.2 Å². The van der Waals surface area contributed by atoms with Crippen molar-refractivity contribution in [3.05, 3.63) is 23.4 Å². The number of anilines is 1. The molecule has 2 N–H and O–H groups in total. The van der Waals surface area contributed by atoms with E-state index in [0.717, 1.165) is 12.2 Å². The third-order valence-electron chi connectivity index (χ3n) is 4.40. The lowest BCUT2D eigenvalue weighted by molar-refractivity contribution is 0.0697. The summed E-state index contributed by atoms with van der Waals surface area (Å²) in [5.74, 6) is 0.251. The average Bonchev–Trinajstić information content (AvgIpc) is 2.84. The molecule has 1 saturated carbocycles. The van der Waals surface area contributed by atoms with E-state index < -0.39 is 5.97 Å². The Morgan fingerprint density at radius 1 is 1.38 bits per heavy atom. The van der Waals surface area contributed by atoms with E-state index in [-0.39, 0.29) is 5.56 Å². The van der Waals surface area contributed by atoms with Crippen LogP contribution in [0.3, 0.4) is 0 Å². The van der Waals surface area contributed by atoms with Crippen molar-refractivity contribution in [1.29, 1.82) is 0 Å². The summed E-state index contributed by atoms with van der Waals surface area (Å²) < 4.78 is 0. The molecule has 0 aliphatic heterocycles. The molecular weight excluding hydrogens is 264 g/mol. The molecule has 1 heterocycles. The summed E-state index contributed by atoms with van der Waals surface area (Å²) in [6.07, 6.45) is 6.20. The van der Waals surface area contributed by atoms with E-state index in [4.69, 9.17) is 0 Å². The van der Waals surface area contributed by atoms with E-state index in [9.17, 15) is 9.90 Å². The maximum absolute atomic E-state index is 11.3. The number of nitrogens with zero attached hydrogens (tertiary/aromatic N) is 1. The average molecular weight is 290 g/mol. The molecule has 0 radical (unpaired) electrons. The summed E-state index contributed by atoms with van der Waals surface area (Å²) in [5.41, 5.74) is 1.40. The van der Waals surface area contributed by atoms with Gasteiger partial charge >= 0.3 is 5.97 Å². The minimum atomic E-state index is -0.922. The molecule has 21 heavy (non-hydrogen) atoms. The monoisotopic (exact) mass is 290 g/mol. The lowest BCUT2D eigenvalue weighted by Gasteiger charge is -2.31. The fourth-order valence-electron chi connectivity index (χ4n) is 3.58. The van der Waals surface area contributed by atoms with E-state index in [2.05, 4.69) is 24.1 Å². The fourth-order valence-corrected chi connectivity index (χ4v) is 3.58. The lowest BCUT2D eigenvalue weighted by Crippen LogP contribution is -2.29. The van der Waals surface area contributed by atoms with Gasteiger partial charge in [0.2, 0.25) is 0 Å². The Morgan fingerprint density at radius 2 is 2.05 bits per heavy atom. The predicted molar refractivity (Wildman–Crippen MR) is 84.8 cm³/mol. The van der Waals surface area contributed by atoms with Crippen molar-refractivity contribution < 1.29 is 9.90 Å². The lowest BCUT2D eigenvalue weighted by atomic mass is 9.78. The molecule has 1 aliphatic carbocycles. The van der Waals surface area contributed by atoms with Crippen molar-refractivity contribution in [2.75, 3.05) is 11.9 Å². The standard InChI is InChI=1S/C17H26N2O2/c1-12(2)10-17(8-4-5-9-17)11-18-15-14(16(20)21)7-6-13(3)19-15/h6-7,12H,4-5,8-11H2,1-3H3,(H,18,19)(H,20,21). The maximum Gasteiger partial charge on any atom is 0.339 e. The van der Waals surface area contributed by atoms with Crippen LogP contribution in [0.1, 0.15) is 62.0 Å². The summed E-state index contributed by atoms with van der Waals surface area (Å²) in [4.78, 5) is 15.7. The molecule has 0 bridgehead atoms. The van der Waals surface area contributed by atoms with Crippen LogP contribution in [-0.2, 0) is 0 Å². The number of hydrogen-bond acceptors (Lipinski definition) is 3.